The number of anilines is 1. The summed E-state index contributed by atoms with van der Waals surface area (Å²) in [5.74, 6) is 0.204. The molecule has 1 aromatic carbocycles. The number of nitrogens with zero attached hydrogens (tertiary/aromatic N) is 2. The highest BCUT2D eigenvalue weighted by atomic mass is 16.2. The van der Waals surface area contributed by atoms with E-state index in [1.54, 1.807) is 29.2 Å². The molecule has 0 aliphatic carbocycles. The van der Waals surface area contributed by atoms with E-state index in [0.29, 0.717) is 37.2 Å². The average molecular weight is 372 g/mol. The smallest absolute Gasteiger partial charge is 0.316 e. The Morgan fingerprint density at radius 1 is 0.926 bits per heavy atom. The van der Waals surface area contributed by atoms with Crippen molar-refractivity contribution in [2.75, 3.05) is 31.5 Å². The average Bonchev–Trinajstić information content (AvgIpc) is 2.96. The van der Waals surface area contributed by atoms with Crippen LogP contribution in [0, 0.1) is 5.92 Å². The third-order valence-electron chi connectivity index (χ3n) is 5.43. The molecule has 2 aliphatic heterocycles. The lowest BCUT2D eigenvalue weighted by Crippen LogP contribution is -2.44. The second-order valence-corrected chi connectivity index (χ2v) is 7.38. The molecule has 27 heavy (non-hydrogen) atoms. The van der Waals surface area contributed by atoms with E-state index in [1.807, 2.05) is 4.90 Å². The van der Waals surface area contributed by atoms with E-state index >= 15 is 0 Å². The van der Waals surface area contributed by atoms with Crippen molar-refractivity contribution in [3.63, 3.8) is 0 Å². The summed E-state index contributed by atoms with van der Waals surface area (Å²) in [6, 6.07) is 6.10. The van der Waals surface area contributed by atoms with Gasteiger partial charge in [-0.05, 0) is 43.9 Å². The van der Waals surface area contributed by atoms with Gasteiger partial charge in [-0.25, -0.2) is 4.79 Å². The monoisotopic (exact) mass is 372 g/mol. The van der Waals surface area contributed by atoms with Crippen LogP contribution in [-0.4, -0.2) is 53.8 Å². The lowest BCUT2D eigenvalue weighted by atomic mass is 9.94. The minimum absolute atomic E-state index is 0.0232. The van der Waals surface area contributed by atoms with Crippen molar-refractivity contribution in [3.05, 3.63) is 29.8 Å². The van der Waals surface area contributed by atoms with Gasteiger partial charge in [0.1, 0.15) is 0 Å². The molecule has 3 N–H and O–H groups in total. The number of carbonyl (C=O) groups excluding carboxylic acids is 3. The number of amides is 4. The van der Waals surface area contributed by atoms with Crippen LogP contribution in [0.15, 0.2) is 24.3 Å². The van der Waals surface area contributed by atoms with Crippen LogP contribution in [0.1, 0.15) is 48.9 Å². The SMILES string of the molecule is NC(=O)Nc1cccc(C(=O)N2CCC(C(=O)N3CCCCCC3)CC2)c1. The van der Waals surface area contributed by atoms with Crippen LogP contribution in [0.2, 0.25) is 0 Å². The van der Waals surface area contributed by atoms with Crippen molar-refractivity contribution in [1.29, 1.82) is 0 Å². The van der Waals surface area contributed by atoms with Crippen LogP contribution in [0.4, 0.5) is 10.5 Å². The first-order valence-electron chi connectivity index (χ1n) is 9.79. The highest BCUT2D eigenvalue weighted by molar-refractivity contribution is 5.96. The lowest BCUT2D eigenvalue weighted by Gasteiger charge is -2.34. The number of piperidine rings is 1. The van der Waals surface area contributed by atoms with Gasteiger partial charge in [-0.3, -0.25) is 9.59 Å². The van der Waals surface area contributed by atoms with Crippen molar-refractivity contribution in [2.24, 2.45) is 11.7 Å². The van der Waals surface area contributed by atoms with Gasteiger partial charge in [0.2, 0.25) is 5.91 Å². The van der Waals surface area contributed by atoms with E-state index in [0.717, 1.165) is 25.9 Å². The van der Waals surface area contributed by atoms with Crippen molar-refractivity contribution in [1.82, 2.24) is 9.80 Å². The number of urea groups is 1. The molecule has 7 nitrogen and oxygen atoms in total. The van der Waals surface area contributed by atoms with E-state index in [9.17, 15) is 14.4 Å². The zero-order chi connectivity index (χ0) is 19.2. The maximum absolute atomic E-state index is 12.8. The molecule has 0 atom stereocenters. The first kappa shape index (κ1) is 19.2. The minimum atomic E-state index is -0.660. The first-order chi connectivity index (χ1) is 13.0. The molecule has 0 saturated carbocycles. The standard InChI is InChI=1S/C20H28N4O3/c21-20(27)22-17-7-5-6-16(14-17)19(26)24-12-8-15(9-13-24)18(25)23-10-3-1-2-4-11-23/h5-7,14-15H,1-4,8-13H2,(H3,21,22,27). The van der Waals surface area contributed by atoms with Gasteiger partial charge in [0, 0.05) is 43.3 Å². The first-order valence-corrected chi connectivity index (χ1v) is 9.79. The van der Waals surface area contributed by atoms with Gasteiger partial charge in [0.25, 0.3) is 5.91 Å². The number of likely N-dealkylation sites (tertiary alicyclic amines) is 2. The molecule has 4 amide bonds. The molecule has 2 heterocycles. The molecule has 7 heteroatoms. The lowest BCUT2D eigenvalue weighted by molar-refractivity contribution is -0.136. The van der Waals surface area contributed by atoms with Crippen LogP contribution < -0.4 is 11.1 Å². The Morgan fingerprint density at radius 3 is 2.22 bits per heavy atom. The summed E-state index contributed by atoms with van der Waals surface area (Å²) < 4.78 is 0. The molecule has 0 aromatic heterocycles. The molecule has 2 fully saturated rings. The van der Waals surface area contributed by atoms with Crippen molar-refractivity contribution < 1.29 is 14.4 Å². The van der Waals surface area contributed by atoms with Crippen molar-refractivity contribution in [3.8, 4) is 0 Å². The Bertz CT molecular complexity index is 690. The van der Waals surface area contributed by atoms with E-state index in [2.05, 4.69) is 5.32 Å². The van der Waals surface area contributed by atoms with Gasteiger partial charge in [0.05, 0.1) is 0 Å². The maximum atomic E-state index is 12.8. The van der Waals surface area contributed by atoms with Gasteiger partial charge < -0.3 is 20.9 Å². The van der Waals surface area contributed by atoms with E-state index in [-0.39, 0.29) is 17.7 Å². The third kappa shape index (κ3) is 4.99. The summed E-state index contributed by atoms with van der Waals surface area (Å²) in [6.07, 6.45) is 6.03. The summed E-state index contributed by atoms with van der Waals surface area (Å²) in [5.41, 5.74) is 6.14. The predicted molar refractivity (Wildman–Crippen MR) is 103 cm³/mol. The summed E-state index contributed by atoms with van der Waals surface area (Å²) in [5, 5.41) is 2.48. The molecule has 2 aliphatic rings. The van der Waals surface area contributed by atoms with Crippen LogP contribution >= 0.6 is 0 Å². The molecule has 0 radical (unpaired) electrons. The molecule has 2 saturated heterocycles. The summed E-state index contributed by atoms with van der Waals surface area (Å²) in [6.45, 7) is 2.91. The van der Waals surface area contributed by atoms with Gasteiger partial charge in [0.15, 0.2) is 0 Å². The number of hydrogen-bond donors (Lipinski definition) is 2. The molecular formula is C20H28N4O3. The number of rotatable bonds is 3. The normalized spacial score (nSPS) is 18.7. The Morgan fingerprint density at radius 2 is 1.59 bits per heavy atom. The molecule has 0 bridgehead atoms. The number of benzene rings is 1. The fourth-order valence-corrected chi connectivity index (χ4v) is 3.93. The highest BCUT2D eigenvalue weighted by Crippen LogP contribution is 2.23. The van der Waals surface area contributed by atoms with Gasteiger partial charge >= 0.3 is 6.03 Å². The zero-order valence-electron chi connectivity index (χ0n) is 15.7. The van der Waals surface area contributed by atoms with Gasteiger partial charge in [-0.15, -0.1) is 0 Å². The van der Waals surface area contributed by atoms with Crippen molar-refractivity contribution >= 4 is 23.5 Å². The quantitative estimate of drug-likeness (QED) is 0.853. The van der Waals surface area contributed by atoms with Crippen LogP contribution in [0.25, 0.3) is 0 Å². The van der Waals surface area contributed by atoms with Gasteiger partial charge in [-0.1, -0.05) is 18.9 Å². The zero-order valence-corrected chi connectivity index (χ0v) is 15.7. The molecule has 0 spiro atoms. The van der Waals surface area contributed by atoms with Crippen molar-refractivity contribution in [2.45, 2.75) is 38.5 Å². The Balaban J connectivity index is 1.56. The van der Waals surface area contributed by atoms with E-state index < -0.39 is 6.03 Å². The van der Waals surface area contributed by atoms with E-state index in [4.69, 9.17) is 5.73 Å². The number of nitrogens with one attached hydrogen (secondary N) is 1. The number of nitrogens with two attached hydrogens (primary N) is 1. The maximum Gasteiger partial charge on any atom is 0.316 e. The highest BCUT2D eigenvalue weighted by Gasteiger charge is 2.30. The summed E-state index contributed by atoms with van der Waals surface area (Å²) in [7, 11) is 0. The Labute approximate surface area is 159 Å². The minimum Gasteiger partial charge on any atom is -0.351 e. The second kappa shape index (κ2) is 8.88. The fraction of sp³-hybridized carbons (Fsp3) is 0.550. The number of primary amides is 1. The second-order valence-electron chi connectivity index (χ2n) is 7.38. The molecule has 1 aromatic rings. The molecule has 3 rings (SSSR count). The Hall–Kier alpha value is -2.57. The predicted octanol–water partition coefficient (Wildman–Crippen LogP) is 2.43. The number of hydrogen-bond acceptors (Lipinski definition) is 3. The van der Waals surface area contributed by atoms with Crippen LogP contribution in [0.5, 0.6) is 0 Å². The molecule has 146 valence electrons. The van der Waals surface area contributed by atoms with E-state index in [1.165, 1.54) is 12.8 Å². The summed E-state index contributed by atoms with van der Waals surface area (Å²) >= 11 is 0. The summed E-state index contributed by atoms with van der Waals surface area (Å²) in [4.78, 5) is 40.3. The fourth-order valence-electron chi connectivity index (χ4n) is 3.93. The molecular weight excluding hydrogens is 344 g/mol. The number of carbonyl (C=O) groups is 3. The topological polar surface area (TPSA) is 95.7 Å². The Kier molecular flexibility index (Phi) is 6.32. The van der Waals surface area contributed by atoms with Crippen LogP contribution in [-0.2, 0) is 4.79 Å². The van der Waals surface area contributed by atoms with Crippen LogP contribution in [0.3, 0.4) is 0 Å². The molecule has 0 unspecified atom stereocenters. The third-order valence-corrected chi connectivity index (χ3v) is 5.43. The van der Waals surface area contributed by atoms with Gasteiger partial charge in [-0.2, -0.15) is 0 Å². The largest absolute Gasteiger partial charge is 0.351 e.